The number of ether oxygens (including phenoxy) is 1. The van der Waals surface area contributed by atoms with Crippen LogP contribution in [0.4, 0.5) is 0 Å². The van der Waals surface area contributed by atoms with Crippen LogP contribution in [0.2, 0.25) is 0 Å². The molecule has 0 aliphatic heterocycles. The van der Waals surface area contributed by atoms with Gasteiger partial charge in [0.1, 0.15) is 11.9 Å². The average molecular weight is 250 g/mol. The number of ketones is 1. The summed E-state index contributed by atoms with van der Waals surface area (Å²) in [5, 5.41) is 9.96. The molecular formula is C15H22O3. The number of aliphatic hydroxyl groups is 1. The zero-order valence-electron chi connectivity index (χ0n) is 11.8. The Morgan fingerprint density at radius 3 is 2.50 bits per heavy atom. The molecule has 0 spiro atoms. The van der Waals surface area contributed by atoms with Gasteiger partial charge in [-0.2, -0.15) is 0 Å². The molecule has 100 valence electrons. The Morgan fingerprint density at radius 2 is 2.00 bits per heavy atom. The highest BCUT2D eigenvalue weighted by Gasteiger charge is 2.29. The van der Waals surface area contributed by atoms with Crippen molar-refractivity contribution in [2.45, 2.75) is 40.2 Å². The van der Waals surface area contributed by atoms with Crippen molar-refractivity contribution in [3.8, 4) is 5.75 Å². The fourth-order valence-electron chi connectivity index (χ4n) is 1.81. The highest BCUT2D eigenvalue weighted by atomic mass is 16.5. The van der Waals surface area contributed by atoms with Crippen LogP contribution in [0, 0.1) is 12.3 Å². The van der Waals surface area contributed by atoms with Crippen molar-refractivity contribution in [1.82, 2.24) is 0 Å². The molecule has 1 rings (SSSR count). The van der Waals surface area contributed by atoms with Crippen molar-refractivity contribution < 1.29 is 14.6 Å². The van der Waals surface area contributed by atoms with Gasteiger partial charge in [-0.1, -0.05) is 38.5 Å². The third kappa shape index (κ3) is 3.57. The molecule has 0 aliphatic rings. The third-order valence-corrected chi connectivity index (χ3v) is 2.93. The minimum atomic E-state index is -0.956. The van der Waals surface area contributed by atoms with Crippen LogP contribution in [0.25, 0.3) is 0 Å². The summed E-state index contributed by atoms with van der Waals surface area (Å²) in [6.07, 6.45) is -0.758. The van der Waals surface area contributed by atoms with Gasteiger partial charge in [-0.05, 0) is 18.4 Å². The first-order valence-corrected chi connectivity index (χ1v) is 6.10. The topological polar surface area (TPSA) is 46.5 Å². The molecule has 0 saturated heterocycles. The first kappa shape index (κ1) is 14.7. The second kappa shape index (κ2) is 5.53. The highest BCUT2D eigenvalue weighted by molar-refractivity contribution is 5.86. The van der Waals surface area contributed by atoms with Crippen LogP contribution in [0.1, 0.15) is 31.9 Å². The van der Waals surface area contributed by atoms with E-state index in [4.69, 9.17) is 4.74 Å². The van der Waals surface area contributed by atoms with Crippen LogP contribution >= 0.6 is 0 Å². The molecule has 18 heavy (non-hydrogen) atoms. The zero-order chi connectivity index (χ0) is 13.9. The molecule has 3 heteroatoms. The number of aryl methyl sites for hydroxylation is 1. The lowest BCUT2D eigenvalue weighted by molar-refractivity contribution is -0.131. The van der Waals surface area contributed by atoms with Gasteiger partial charge in [-0.15, -0.1) is 0 Å². The Kier molecular flexibility index (Phi) is 4.52. The number of benzene rings is 1. The predicted octanol–water partition coefficient (Wildman–Crippen LogP) is 2.52. The first-order chi connectivity index (χ1) is 8.25. The predicted molar refractivity (Wildman–Crippen MR) is 71.9 cm³/mol. The lowest BCUT2D eigenvalue weighted by atomic mass is 9.85. The number of aliphatic hydroxyl groups excluding tert-OH is 1. The van der Waals surface area contributed by atoms with Gasteiger partial charge in [0.2, 0.25) is 0 Å². The lowest BCUT2D eigenvalue weighted by Gasteiger charge is -2.24. The van der Waals surface area contributed by atoms with Gasteiger partial charge in [-0.25, -0.2) is 0 Å². The summed E-state index contributed by atoms with van der Waals surface area (Å²) in [5.74, 6) is 0.515. The van der Waals surface area contributed by atoms with E-state index in [2.05, 4.69) is 0 Å². The van der Waals surface area contributed by atoms with Crippen molar-refractivity contribution in [2.75, 3.05) is 7.11 Å². The van der Waals surface area contributed by atoms with Gasteiger partial charge in [0, 0.05) is 12.0 Å². The minimum Gasteiger partial charge on any atom is -0.496 e. The Labute approximate surface area is 109 Å². The highest BCUT2D eigenvalue weighted by Crippen LogP contribution is 2.24. The van der Waals surface area contributed by atoms with E-state index in [1.165, 1.54) is 0 Å². The van der Waals surface area contributed by atoms with Gasteiger partial charge in [-0.3, -0.25) is 4.79 Å². The summed E-state index contributed by atoms with van der Waals surface area (Å²) in [5.41, 5.74) is 1.46. The van der Waals surface area contributed by atoms with E-state index < -0.39 is 11.5 Å². The molecule has 0 aromatic heterocycles. The molecule has 0 heterocycles. The molecule has 1 N–H and O–H groups in total. The van der Waals surface area contributed by atoms with E-state index in [0.717, 1.165) is 11.1 Å². The maximum Gasteiger partial charge on any atom is 0.166 e. The molecule has 0 saturated carbocycles. The first-order valence-electron chi connectivity index (χ1n) is 6.10. The molecule has 1 atom stereocenters. The quantitative estimate of drug-likeness (QED) is 0.893. The van der Waals surface area contributed by atoms with E-state index in [-0.39, 0.29) is 12.2 Å². The van der Waals surface area contributed by atoms with Gasteiger partial charge in [0.15, 0.2) is 5.78 Å². The van der Waals surface area contributed by atoms with E-state index >= 15 is 0 Å². The molecule has 0 aliphatic carbocycles. The van der Waals surface area contributed by atoms with E-state index in [0.29, 0.717) is 5.75 Å². The number of methoxy groups -OCH3 is 1. The number of carbonyl (C=O) groups excluding carboxylic acids is 1. The second-order valence-electron chi connectivity index (χ2n) is 5.73. The molecule has 1 aromatic carbocycles. The Morgan fingerprint density at radius 1 is 1.39 bits per heavy atom. The molecule has 1 aromatic rings. The summed E-state index contributed by atoms with van der Waals surface area (Å²) >= 11 is 0. The summed E-state index contributed by atoms with van der Waals surface area (Å²) in [7, 11) is 1.58. The van der Waals surface area contributed by atoms with E-state index in [9.17, 15) is 9.90 Å². The fourth-order valence-corrected chi connectivity index (χ4v) is 1.81. The van der Waals surface area contributed by atoms with Crippen molar-refractivity contribution in [3.63, 3.8) is 0 Å². The van der Waals surface area contributed by atoms with Gasteiger partial charge < -0.3 is 9.84 Å². The maximum absolute atomic E-state index is 12.0. The SMILES string of the molecule is COc1ccc(C)cc1CC(=O)C(O)C(C)(C)C. The average Bonchev–Trinajstić information content (AvgIpc) is 2.27. The summed E-state index contributed by atoms with van der Waals surface area (Å²) in [4.78, 5) is 12.0. The monoisotopic (exact) mass is 250 g/mol. The van der Waals surface area contributed by atoms with Crippen molar-refractivity contribution in [1.29, 1.82) is 0 Å². The Bertz CT molecular complexity index is 430. The molecule has 3 nitrogen and oxygen atoms in total. The number of rotatable bonds is 4. The van der Waals surface area contributed by atoms with Crippen LogP contribution in [0.3, 0.4) is 0 Å². The van der Waals surface area contributed by atoms with Crippen LogP contribution in [-0.4, -0.2) is 24.1 Å². The van der Waals surface area contributed by atoms with Crippen LogP contribution in [0.15, 0.2) is 18.2 Å². The van der Waals surface area contributed by atoms with Crippen LogP contribution in [0.5, 0.6) is 5.75 Å². The number of Topliss-reactive ketones (excluding diaryl/α,β-unsaturated/α-hetero) is 1. The Hall–Kier alpha value is -1.35. The molecular weight excluding hydrogens is 228 g/mol. The third-order valence-electron chi connectivity index (χ3n) is 2.93. The lowest BCUT2D eigenvalue weighted by Crippen LogP contribution is -2.35. The van der Waals surface area contributed by atoms with Crippen molar-refractivity contribution in [2.24, 2.45) is 5.41 Å². The van der Waals surface area contributed by atoms with Gasteiger partial charge in [0.05, 0.1) is 7.11 Å². The minimum absolute atomic E-state index is 0.175. The van der Waals surface area contributed by atoms with E-state index in [1.807, 2.05) is 45.9 Å². The number of hydrogen-bond acceptors (Lipinski definition) is 3. The summed E-state index contributed by atoms with van der Waals surface area (Å²) in [6.45, 7) is 7.52. The summed E-state index contributed by atoms with van der Waals surface area (Å²) < 4.78 is 5.23. The zero-order valence-corrected chi connectivity index (χ0v) is 11.8. The molecule has 0 fully saturated rings. The molecule has 0 radical (unpaired) electrons. The van der Waals surface area contributed by atoms with Crippen molar-refractivity contribution in [3.05, 3.63) is 29.3 Å². The van der Waals surface area contributed by atoms with Crippen LogP contribution < -0.4 is 4.74 Å². The van der Waals surface area contributed by atoms with Crippen LogP contribution in [-0.2, 0) is 11.2 Å². The number of carbonyl (C=O) groups is 1. The normalized spacial score (nSPS) is 13.2. The fraction of sp³-hybridized carbons (Fsp3) is 0.533. The van der Waals surface area contributed by atoms with E-state index in [1.54, 1.807) is 7.11 Å². The molecule has 1 unspecified atom stereocenters. The second-order valence-corrected chi connectivity index (χ2v) is 5.73. The summed E-state index contributed by atoms with van der Waals surface area (Å²) in [6, 6.07) is 5.71. The maximum atomic E-state index is 12.0. The smallest absolute Gasteiger partial charge is 0.166 e. The number of hydrogen-bond donors (Lipinski definition) is 1. The standard InChI is InChI=1S/C15H22O3/c1-10-6-7-13(18-5)11(8-10)9-12(16)14(17)15(2,3)4/h6-8,14,17H,9H2,1-5H3. The van der Waals surface area contributed by atoms with Gasteiger partial charge in [0.25, 0.3) is 0 Å². The molecule has 0 bridgehead atoms. The largest absolute Gasteiger partial charge is 0.496 e. The van der Waals surface area contributed by atoms with Crippen molar-refractivity contribution >= 4 is 5.78 Å². The molecule has 0 amide bonds. The van der Waals surface area contributed by atoms with Gasteiger partial charge >= 0.3 is 0 Å². The Balaban J connectivity index is 2.91.